The minimum atomic E-state index is -1.44. The van der Waals surface area contributed by atoms with Crippen LogP contribution in [0, 0.1) is 6.92 Å². The number of rotatable bonds is 5. The maximum atomic E-state index is 11.6. The molecule has 1 aromatic heterocycles. The molecule has 0 aromatic carbocycles. The maximum Gasteiger partial charge on any atom is 0.326 e. The average molecular weight is 258 g/mol. The van der Waals surface area contributed by atoms with Gasteiger partial charge in [0, 0.05) is 0 Å². The number of thiazole rings is 1. The highest BCUT2D eigenvalue weighted by Crippen LogP contribution is 2.12. The van der Waals surface area contributed by atoms with Crippen molar-refractivity contribution in [3.05, 3.63) is 16.1 Å². The fourth-order valence-electron chi connectivity index (χ4n) is 1.12. The smallest absolute Gasteiger partial charge is 0.326 e. The van der Waals surface area contributed by atoms with Crippen LogP contribution in [-0.4, -0.2) is 39.1 Å². The molecular weight excluding hydrogens is 248 g/mol. The van der Waals surface area contributed by atoms with Crippen molar-refractivity contribution in [1.29, 1.82) is 0 Å². The minimum absolute atomic E-state index is 0.279. The van der Waals surface area contributed by atoms with E-state index in [2.05, 4.69) is 10.3 Å². The third-order valence-corrected chi connectivity index (χ3v) is 2.86. The third kappa shape index (κ3) is 3.52. The highest BCUT2D eigenvalue weighted by Gasteiger charge is 2.24. The van der Waals surface area contributed by atoms with Crippen molar-refractivity contribution in [1.82, 2.24) is 10.3 Å². The Bertz CT molecular complexity index is 456. The highest BCUT2D eigenvalue weighted by molar-refractivity contribution is 7.11. The van der Waals surface area contributed by atoms with Gasteiger partial charge in [0.2, 0.25) is 0 Å². The predicted octanol–water partition coefficient (Wildman–Crippen LogP) is 0.109. The lowest BCUT2D eigenvalue weighted by atomic mass is 10.2. The molecule has 17 heavy (non-hydrogen) atoms. The lowest BCUT2D eigenvalue weighted by Gasteiger charge is -2.11. The van der Waals surface area contributed by atoms with Gasteiger partial charge in [-0.05, 0) is 6.92 Å². The van der Waals surface area contributed by atoms with Gasteiger partial charge in [-0.1, -0.05) is 0 Å². The zero-order valence-electron chi connectivity index (χ0n) is 8.84. The number of amides is 1. The van der Waals surface area contributed by atoms with Crippen LogP contribution < -0.4 is 5.32 Å². The summed E-state index contributed by atoms with van der Waals surface area (Å²) in [5.41, 5.74) is 1.93. The summed E-state index contributed by atoms with van der Waals surface area (Å²) < 4.78 is 0. The molecule has 0 saturated carbocycles. The van der Waals surface area contributed by atoms with Gasteiger partial charge in [0.25, 0.3) is 5.91 Å². The summed E-state index contributed by atoms with van der Waals surface area (Å²) in [5, 5.41) is 19.4. The Hall–Kier alpha value is -1.96. The van der Waals surface area contributed by atoms with E-state index in [1.165, 1.54) is 5.51 Å². The van der Waals surface area contributed by atoms with Crippen LogP contribution in [0.15, 0.2) is 5.51 Å². The van der Waals surface area contributed by atoms with Crippen LogP contribution in [0.25, 0.3) is 0 Å². The lowest BCUT2D eigenvalue weighted by molar-refractivity contribution is -0.145. The van der Waals surface area contributed by atoms with Crippen LogP contribution in [-0.2, 0) is 9.59 Å². The molecule has 0 radical (unpaired) electrons. The third-order valence-electron chi connectivity index (χ3n) is 1.93. The molecule has 92 valence electrons. The Morgan fingerprint density at radius 3 is 2.53 bits per heavy atom. The number of nitrogens with one attached hydrogen (secondary N) is 1. The van der Waals surface area contributed by atoms with Crippen molar-refractivity contribution >= 4 is 29.2 Å². The van der Waals surface area contributed by atoms with E-state index in [0.29, 0.717) is 5.69 Å². The molecule has 0 aliphatic rings. The molecule has 1 heterocycles. The first kappa shape index (κ1) is 13.1. The zero-order valence-corrected chi connectivity index (χ0v) is 9.65. The second kappa shape index (κ2) is 5.39. The highest BCUT2D eigenvalue weighted by atomic mass is 32.1. The Kier molecular flexibility index (Phi) is 4.16. The van der Waals surface area contributed by atoms with Gasteiger partial charge in [0.05, 0.1) is 17.6 Å². The van der Waals surface area contributed by atoms with Crippen molar-refractivity contribution in [3.8, 4) is 0 Å². The largest absolute Gasteiger partial charge is 0.481 e. The molecule has 3 N–H and O–H groups in total. The Balaban J connectivity index is 2.74. The summed E-state index contributed by atoms with van der Waals surface area (Å²) in [6, 6.07) is -1.44. The zero-order chi connectivity index (χ0) is 13.0. The van der Waals surface area contributed by atoms with Crippen molar-refractivity contribution in [2.45, 2.75) is 19.4 Å². The van der Waals surface area contributed by atoms with Crippen LogP contribution in [0.1, 0.15) is 21.8 Å². The molecule has 1 rings (SSSR count). The molecule has 0 fully saturated rings. The molecular formula is C9H10N2O5S. The molecule has 0 aliphatic carbocycles. The number of carbonyl (C=O) groups excluding carboxylic acids is 1. The quantitative estimate of drug-likeness (QED) is 0.690. The van der Waals surface area contributed by atoms with Gasteiger partial charge in [0.1, 0.15) is 10.9 Å². The van der Waals surface area contributed by atoms with E-state index in [1.807, 2.05) is 0 Å². The lowest BCUT2D eigenvalue weighted by Crippen LogP contribution is -2.42. The van der Waals surface area contributed by atoms with Gasteiger partial charge >= 0.3 is 11.9 Å². The van der Waals surface area contributed by atoms with Crippen LogP contribution in [0.5, 0.6) is 0 Å². The van der Waals surface area contributed by atoms with Crippen molar-refractivity contribution in [2.75, 3.05) is 0 Å². The first-order valence-electron chi connectivity index (χ1n) is 4.57. The van der Waals surface area contributed by atoms with E-state index in [1.54, 1.807) is 6.92 Å². The number of carboxylic acids is 2. The molecule has 0 bridgehead atoms. The van der Waals surface area contributed by atoms with Gasteiger partial charge in [-0.15, -0.1) is 11.3 Å². The van der Waals surface area contributed by atoms with E-state index in [0.717, 1.165) is 11.3 Å². The molecule has 7 nitrogen and oxygen atoms in total. The van der Waals surface area contributed by atoms with E-state index in [9.17, 15) is 14.4 Å². The van der Waals surface area contributed by atoms with Gasteiger partial charge < -0.3 is 15.5 Å². The van der Waals surface area contributed by atoms with Gasteiger partial charge in [0.15, 0.2) is 0 Å². The summed E-state index contributed by atoms with van der Waals surface area (Å²) in [5.74, 6) is -3.31. The monoisotopic (exact) mass is 258 g/mol. The van der Waals surface area contributed by atoms with E-state index < -0.39 is 30.3 Å². The fourth-order valence-corrected chi connectivity index (χ4v) is 1.82. The first-order chi connectivity index (χ1) is 7.91. The van der Waals surface area contributed by atoms with E-state index >= 15 is 0 Å². The predicted molar refractivity (Wildman–Crippen MR) is 58.0 cm³/mol. The molecule has 0 saturated heterocycles. The summed E-state index contributed by atoms with van der Waals surface area (Å²) in [6.45, 7) is 1.61. The SMILES string of the molecule is Cc1ncsc1C(=O)NC(CC(=O)O)C(=O)O. The fraction of sp³-hybridized carbons (Fsp3) is 0.333. The number of aromatic nitrogens is 1. The van der Waals surface area contributed by atoms with Gasteiger partial charge in [-0.25, -0.2) is 9.78 Å². The van der Waals surface area contributed by atoms with Crippen molar-refractivity contribution in [2.24, 2.45) is 0 Å². The van der Waals surface area contributed by atoms with Crippen molar-refractivity contribution in [3.63, 3.8) is 0 Å². The second-order valence-corrected chi connectivity index (χ2v) is 4.08. The van der Waals surface area contributed by atoms with Crippen molar-refractivity contribution < 1.29 is 24.6 Å². The first-order valence-corrected chi connectivity index (χ1v) is 5.45. The standard InChI is InChI=1S/C9H10N2O5S/c1-4-7(17-3-10-4)8(14)11-5(9(15)16)2-6(12)13/h3,5H,2H2,1H3,(H,11,14)(H,12,13)(H,15,16). The number of nitrogens with zero attached hydrogens (tertiary/aromatic N) is 1. The number of carboxylic acid groups (broad SMARTS) is 2. The number of aryl methyl sites for hydroxylation is 1. The maximum absolute atomic E-state index is 11.6. The molecule has 0 spiro atoms. The van der Waals surface area contributed by atoms with Gasteiger partial charge in [-0.3, -0.25) is 9.59 Å². The Morgan fingerprint density at radius 2 is 2.12 bits per heavy atom. The molecule has 8 heteroatoms. The Labute approximate surface area is 100 Å². The van der Waals surface area contributed by atoms with Gasteiger partial charge in [-0.2, -0.15) is 0 Å². The molecule has 1 atom stereocenters. The van der Waals surface area contributed by atoms with Crippen LogP contribution in [0.3, 0.4) is 0 Å². The molecule has 0 aliphatic heterocycles. The topological polar surface area (TPSA) is 117 Å². The molecule has 1 unspecified atom stereocenters. The van der Waals surface area contributed by atoms with Crippen LogP contribution in [0.4, 0.5) is 0 Å². The van der Waals surface area contributed by atoms with E-state index in [4.69, 9.17) is 10.2 Å². The molecule has 1 amide bonds. The minimum Gasteiger partial charge on any atom is -0.481 e. The second-order valence-electron chi connectivity index (χ2n) is 3.23. The number of aliphatic carboxylic acids is 2. The normalized spacial score (nSPS) is 11.8. The van der Waals surface area contributed by atoms with Crippen LogP contribution >= 0.6 is 11.3 Å². The van der Waals surface area contributed by atoms with E-state index in [-0.39, 0.29) is 4.88 Å². The number of hydrogen-bond acceptors (Lipinski definition) is 5. The number of hydrogen-bond donors (Lipinski definition) is 3. The van der Waals surface area contributed by atoms with Crippen LogP contribution in [0.2, 0.25) is 0 Å². The summed E-state index contributed by atoms with van der Waals surface area (Å²) >= 11 is 1.07. The summed E-state index contributed by atoms with van der Waals surface area (Å²) in [6.07, 6.45) is -0.668. The summed E-state index contributed by atoms with van der Waals surface area (Å²) in [7, 11) is 0. The average Bonchev–Trinajstić information content (AvgIpc) is 2.62. The number of carbonyl (C=O) groups is 3. The Morgan fingerprint density at radius 1 is 1.47 bits per heavy atom. The summed E-state index contributed by atoms with van der Waals surface area (Å²) in [4.78, 5) is 36.9. The molecule has 1 aromatic rings.